The summed E-state index contributed by atoms with van der Waals surface area (Å²) in [5, 5.41) is 4.03. The van der Waals surface area contributed by atoms with E-state index in [1.54, 1.807) is 0 Å². The van der Waals surface area contributed by atoms with E-state index in [2.05, 4.69) is 16.6 Å². The van der Waals surface area contributed by atoms with Crippen LogP contribution < -0.4 is 5.32 Å². The largest absolute Gasteiger partial charge is 0.361 e. The third-order valence-electron chi connectivity index (χ3n) is 2.88. The van der Waals surface area contributed by atoms with Gasteiger partial charge in [-0.1, -0.05) is 0 Å². The van der Waals surface area contributed by atoms with Gasteiger partial charge in [-0.2, -0.15) is 11.8 Å². The minimum Gasteiger partial charge on any atom is -0.361 e. The molecule has 0 aliphatic carbocycles. The molecule has 2 aromatic rings. The number of carbonyl (C=O) groups excluding carboxylic acids is 1. The van der Waals surface area contributed by atoms with Crippen LogP contribution >= 0.6 is 11.8 Å². The third-order valence-corrected chi connectivity index (χ3v) is 3.57. The normalized spacial score (nSPS) is 10.7. The molecule has 1 aromatic carbocycles. The Labute approximate surface area is 111 Å². The van der Waals surface area contributed by atoms with Gasteiger partial charge in [0.25, 0.3) is 5.91 Å². The van der Waals surface area contributed by atoms with Gasteiger partial charge in [0, 0.05) is 29.2 Å². The van der Waals surface area contributed by atoms with Gasteiger partial charge in [-0.15, -0.1) is 0 Å². The van der Waals surface area contributed by atoms with E-state index in [0.29, 0.717) is 0 Å². The van der Waals surface area contributed by atoms with Crippen molar-refractivity contribution in [1.29, 1.82) is 0 Å². The molecule has 96 valence electrons. The highest BCUT2D eigenvalue weighted by Crippen LogP contribution is 2.14. The van der Waals surface area contributed by atoms with Crippen molar-refractivity contribution in [2.45, 2.75) is 12.8 Å². The molecule has 1 aromatic heterocycles. The van der Waals surface area contributed by atoms with Gasteiger partial charge in [-0.3, -0.25) is 4.79 Å². The molecule has 4 heteroatoms. The van der Waals surface area contributed by atoms with Crippen molar-refractivity contribution < 1.29 is 4.79 Å². The summed E-state index contributed by atoms with van der Waals surface area (Å²) in [6.07, 6.45) is 6.18. The van der Waals surface area contributed by atoms with E-state index in [1.807, 2.05) is 42.2 Å². The van der Waals surface area contributed by atoms with Crippen LogP contribution in [0.15, 0.2) is 30.5 Å². The Morgan fingerprint density at radius 1 is 1.33 bits per heavy atom. The maximum atomic E-state index is 11.9. The molecule has 0 bridgehead atoms. The van der Waals surface area contributed by atoms with Gasteiger partial charge in [-0.05, 0) is 49.1 Å². The highest BCUT2D eigenvalue weighted by atomic mass is 32.2. The summed E-state index contributed by atoms with van der Waals surface area (Å²) in [6.45, 7) is 0.755. The van der Waals surface area contributed by atoms with E-state index in [4.69, 9.17) is 0 Å². The predicted octanol–water partition coefficient (Wildman–Crippen LogP) is 3.04. The van der Waals surface area contributed by atoms with Gasteiger partial charge < -0.3 is 10.3 Å². The molecule has 2 N–H and O–H groups in total. The van der Waals surface area contributed by atoms with Gasteiger partial charge in [0.15, 0.2) is 0 Å². The fourth-order valence-electron chi connectivity index (χ4n) is 1.87. The van der Waals surface area contributed by atoms with E-state index in [-0.39, 0.29) is 5.91 Å². The Kier molecular flexibility index (Phi) is 4.70. The van der Waals surface area contributed by atoms with Gasteiger partial charge in [0.05, 0.1) is 0 Å². The number of amides is 1. The summed E-state index contributed by atoms with van der Waals surface area (Å²) in [5.41, 5.74) is 1.79. The van der Waals surface area contributed by atoms with Gasteiger partial charge in [-0.25, -0.2) is 0 Å². The molecule has 0 aliphatic rings. The number of unbranched alkanes of at least 4 members (excludes halogenated alkanes) is 1. The van der Waals surface area contributed by atoms with Crippen LogP contribution in [0.5, 0.6) is 0 Å². The van der Waals surface area contributed by atoms with Crippen LogP contribution in [0, 0.1) is 0 Å². The van der Waals surface area contributed by atoms with Crippen LogP contribution in [0.4, 0.5) is 0 Å². The molecular formula is C14H18N2OS. The van der Waals surface area contributed by atoms with E-state index >= 15 is 0 Å². The average molecular weight is 262 g/mol. The minimum atomic E-state index is 0.0160. The lowest BCUT2D eigenvalue weighted by Gasteiger charge is -2.05. The van der Waals surface area contributed by atoms with Crippen molar-refractivity contribution in [2.75, 3.05) is 18.6 Å². The Hall–Kier alpha value is -1.42. The van der Waals surface area contributed by atoms with Crippen molar-refractivity contribution in [3.05, 3.63) is 36.0 Å². The first-order chi connectivity index (χ1) is 8.81. The summed E-state index contributed by atoms with van der Waals surface area (Å²) in [4.78, 5) is 15.0. The zero-order valence-corrected chi connectivity index (χ0v) is 11.3. The molecule has 0 saturated heterocycles. The molecule has 1 heterocycles. The quantitative estimate of drug-likeness (QED) is 0.786. The zero-order valence-electron chi connectivity index (χ0n) is 10.5. The third kappa shape index (κ3) is 3.29. The summed E-state index contributed by atoms with van der Waals surface area (Å²) in [6, 6.07) is 7.70. The van der Waals surface area contributed by atoms with Crippen LogP contribution in [-0.4, -0.2) is 29.4 Å². The van der Waals surface area contributed by atoms with Crippen molar-refractivity contribution in [1.82, 2.24) is 10.3 Å². The standard InChI is InChI=1S/C14H18N2OS/c1-18-9-3-2-7-16-14(17)12-4-5-13-11(10-12)6-8-15-13/h4-6,8,10,15H,2-3,7,9H2,1H3,(H,16,17). The molecule has 1 amide bonds. The van der Waals surface area contributed by atoms with Crippen LogP contribution in [0.2, 0.25) is 0 Å². The lowest BCUT2D eigenvalue weighted by molar-refractivity contribution is 0.0953. The number of rotatable bonds is 6. The number of aromatic nitrogens is 1. The number of hydrogen-bond donors (Lipinski definition) is 2. The molecule has 0 atom stereocenters. The van der Waals surface area contributed by atoms with Crippen LogP contribution in [0.25, 0.3) is 10.9 Å². The Morgan fingerprint density at radius 3 is 3.06 bits per heavy atom. The van der Waals surface area contributed by atoms with Crippen molar-refractivity contribution in [3.8, 4) is 0 Å². The molecule has 0 aliphatic heterocycles. The van der Waals surface area contributed by atoms with Gasteiger partial charge in [0.2, 0.25) is 0 Å². The molecule has 2 rings (SSSR count). The first kappa shape index (κ1) is 13.0. The first-order valence-corrected chi connectivity index (χ1v) is 7.55. The number of H-pyrrole nitrogens is 1. The molecule has 0 radical (unpaired) electrons. The molecule has 0 unspecified atom stereocenters. The number of aromatic amines is 1. The van der Waals surface area contributed by atoms with E-state index in [1.165, 1.54) is 0 Å². The lowest BCUT2D eigenvalue weighted by Crippen LogP contribution is -2.24. The molecule has 0 spiro atoms. The monoisotopic (exact) mass is 262 g/mol. The van der Waals surface area contributed by atoms with Crippen LogP contribution in [-0.2, 0) is 0 Å². The first-order valence-electron chi connectivity index (χ1n) is 6.15. The maximum Gasteiger partial charge on any atom is 0.251 e. The predicted molar refractivity (Wildman–Crippen MR) is 78.2 cm³/mol. The number of benzene rings is 1. The minimum absolute atomic E-state index is 0.0160. The van der Waals surface area contributed by atoms with Crippen LogP contribution in [0.3, 0.4) is 0 Å². The molecule has 3 nitrogen and oxygen atoms in total. The topological polar surface area (TPSA) is 44.9 Å². The second-order valence-corrected chi connectivity index (χ2v) is 5.22. The number of carbonyl (C=O) groups is 1. The van der Waals surface area contributed by atoms with E-state index < -0.39 is 0 Å². The van der Waals surface area contributed by atoms with Gasteiger partial charge >= 0.3 is 0 Å². The van der Waals surface area contributed by atoms with Crippen molar-refractivity contribution >= 4 is 28.6 Å². The van der Waals surface area contributed by atoms with Crippen molar-refractivity contribution in [2.24, 2.45) is 0 Å². The van der Waals surface area contributed by atoms with E-state index in [0.717, 1.165) is 41.6 Å². The SMILES string of the molecule is CSCCCCNC(=O)c1ccc2[nH]ccc2c1. The summed E-state index contributed by atoms with van der Waals surface area (Å²) < 4.78 is 0. The second kappa shape index (κ2) is 6.50. The summed E-state index contributed by atoms with van der Waals surface area (Å²) >= 11 is 1.84. The zero-order chi connectivity index (χ0) is 12.8. The average Bonchev–Trinajstić information content (AvgIpc) is 2.85. The van der Waals surface area contributed by atoms with Gasteiger partial charge in [0.1, 0.15) is 0 Å². The van der Waals surface area contributed by atoms with Crippen LogP contribution in [0.1, 0.15) is 23.2 Å². The fourth-order valence-corrected chi connectivity index (χ4v) is 2.36. The molecule has 0 saturated carbocycles. The summed E-state index contributed by atoms with van der Waals surface area (Å²) in [7, 11) is 0. The number of fused-ring (bicyclic) bond motifs is 1. The molecule has 18 heavy (non-hydrogen) atoms. The Morgan fingerprint density at radius 2 is 2.22 bits per heavy atom. The molecular weight excluding hydrogens is 244 g/mol. The highest BCUT2D eigenvalue weighted by molar-refractivity contribution is 7.98. The smallest absolute Gasteiger partial charge is 0.251 e. The molecule has 0 fully saturated rings. The van der Waals surface area contributed by atoms with Crippen molar-refractivity contribution in [3.63, 3.8) is 0 Å². The Bertz CT molecular complexity index is 521. The fraction of sp³-hybridized carbons (Fsp3) is 0.357. The second-order valence-electron chi connectivity index (χ2n) is 4.24. The Balaban J connectivity index is 1.88. The number of hydrogen-bond acceptors (Lipinski definition) is 2. The highest BCUT2D eigenvalue weighted by Gasteiger charge is 2.05. The number of thioether (sulfide) groups is 1. The lowest BCUT2D eigenvalue weighted by atomic mass is 10.1. The summed E-state index contributed by atoms with van der Waals surface area (Å²) in [5.74, 6) is 1.17. The number of nitrogens with one attached hydrogen (secondary N) is 2. The maximum absolute atomic E-state index is 11.9. The van der Waals surface area contributed by atoms with E-state index in [9.17, 15) is 4.79 Å².